The van der Waals surface area contributed by atoms with Crippen LogP contribution in [0.5, 0.6) is 0 Å². The van der Waals surface area contributed by atoms with Gasteiger partial charge < -0.3 is 10.0 Å². The Labute approximate surface area is 127 Å². The molecule has 2 rings (SSSR count). The predicted molar refractivity (Wildman–Crippen MR) is 84.0 cm³/mol. The van der Waals surface area contributed by atoms with E-state index in [4.69, 9.17) is 0 Å². The summed E-state index contributed by atoms with van der Waals surface area (Å²) in [6.45, 7) is 6.39. The number of nitrogens with zero attached hydrogens (tertiary/aromatic N) is 2. The van der Waals surface area contributed by atoms with Gasteiger partial charge in [0.15, 0.2) is 0 Å². The second-order valence-electron chi connectivity index (χ2n) is 6.35. The van der Waals surface area contributed by atoms with Crippen LogP contribution in [0.25, 0.3) is 0 Å². The van der Waals surface area contributed by atoms with E-state index < -0.39 is 5.60 Å². The number of hydrogen-bond acceptors (Lipinski definition) is 3. The molecule has 1 aliphatic heterocycles. The zero-order chi connectivity index (χ0) is 15.5. The molecule has 1 amide bonds. The molecule has 116 valence electrons. The van der Waals surface area contributed by atoms with E-state index in [0.717, 1.165) is 18.4 Å². The van der Waals surface area contributed by atoms with Crippen molar-refractivity contribution in [1.82, 2.24) is 9.80 Å². The molecule has 0 bridgehead atoms. The van der Waals surface area contributed by atoms with Gasteiger partial charge in [-0.25, -0.2) is 0 Å². The molecule has 1 aliphatic rings. The van der Waals surface area contributed by atoms with Crippen molar-refractivity contribution >= 4 is 5.91 Å². The highest BCUT2D eigenvalue weighted by Crippen LogP contribution is 2.25. The highest BCUT2D eigenvalue weighted by molar-refractivity contribution is 5.78. The first kappa shape index (κ1) is 16.0. The molecule has 0 atom stereocenters. The summed E-state index contributed by atoms with van der Waals surface area (Å²) in [6.07, 6.45) is 1.79. The topological polar surface area (TPSA) is 43.8 Å². The van der Waals surface area contributed by atoms with Gasteiger partial charge in [-0.05, 0) is 18.9 Å². The van der Waals surface area contributed by atoms with Gasteiger partial charge in [0.2, 0.25) is 5.91 Å². The number of rotatable bonds is 6. The van der Waals surface area contributed by atoms with Crippen LogP contribution in [0.3, 0.4) is 0 Å². The summed E-state index contributed by atoms with van der Waals surface area (Å²) in [5.41, 5.74) is 1.80. The van der Waals surface area contributed by atoms with Crippen LogP contribution >= 0.6 is 0 Å². The van der Waals surface area contributed by atoms with E-state index in [2.05, 4.69) is 38.1 Å². The number of benzene rings is 1. The van der Waals surface area contributed by atoms with Gasteiger partial charge in [-0.1, -0.05) is 43.2 Å². The third-order valence-corrected chi connectivity index (χ3v) is 4.08. The summed E-state index contributed by atoms with van der Waals surface area (Å²) in [6, 6.07) is 8.24. The molecule has 0 radical (unpaired) electrons. The number of aliphatic hydroxyl groups is 1. The summed E-state index contributed by atoms with van der Waals surface area (Å²) in [7, 11) is 1.83. The standard InChI is InChI=1S/C17H26N2O2/c1-4-9-17(21)12-19(13-17)11-16(20)18(3)10-15-7-5-14(2)6-8-15/h5-8,21H,4,9-13H2,1-3H3. The Hall–Kier alpha value is -1.39. The molecule has 4 nitrogen and oxygen atoms in total. The summed E-state index contributed by atoms with van der Waals surface area (Å²) < 4.78 is 0. The maximum Gasteiger partial charge on any atom is 0.236 e. The summed E-state index contributed by atoms with van der Waals surface area (Å²) in [4.78, 5) is 16.0. The van der Waals surface area contributed by atoms with Crippen LogP contribution in [0.4, 0.5) is 0 Å². The monoisotopic (exact) mass is 290 g/mol. The van der Waals surface area contributed by atoms with E-state index >= 15 is 0 Å². The van der Waals surface area contributed by atoms with Gasteiger partial charge in [-0.3, -0.25) is 9.69 Å². The van der Waals surface area contributed by atoms with Crippen molar-refractivity contribution in [2.45, 2.75) is 38.8 Å². The van der Waals surface area contributed by atoms with E-state index in [1.54, 1.807) is 4.90 Å². The molecule has 1 heterocycles. The van der Waals surface area contributed by atoms with Crippen molar-refractivity contribution in [2.75, 3.05) is 26.7 Å². The Morgan fingerprint density at radius 3 is 2.52 bits per heavy atom. The van der Waals surface area contributed by atoms with Crippen LogP contribution in [0, 0.1) is 6.92 Å². The molecule has 0 aromatic heterocycles. The summed E-state index contributed by atoms with van der Waals surface area (Å²) in [5.74, 6) is 0.106. The van der Waals surface area contributed by atoms with Gasteiger partial charge in [0.05, 0.1) is 12.1 Å². The van der Waals surface area contributed by atoms with Gasteiger partial charge in [-0.2, -0.15) is 0 Å². The average Bonchev–Trinajstić information content (AvgIpc) is 2.39. The second-order valence-corrected chi connectivity index (χ2v) is 6.35. The number of hydrogen-bond donors (Lipinski definition) is 1. The third kappa shape index (κ3) is 4.29. The SMILES string of the molecule is CCCC1(O)CN(CC(=O)N(C)Cc2ccc(C)cc2)C1. The second kappa shape index (κ2) is 6.58. The Morgan fingerprint density at radius 2 is 1.95 bits per heavy atom. The Balaban J connectivity index is 1.77. The molecule has 0 spiro atoms. The van der Waals surface area contributed by atoms with Gasteiger partial charge in [0.25, 0.3) is 0 Å². The van der Waals surface area contributed by atoms with Gasteiger partial charge in [-0.15, -0.1) is 0 Å². The smallest absolute Gasteiger partial charge is 0.236 e. The minimum Gasteiger partial charge on any atom is -0.387 e. The maximum absolute atomic E-state index is 12.2. The number of amides is 1. The van der Waals surface area contributed by atoms with Crippen LogP contribution < -0.4 is 0 Å². The van der Waals surface area contributed by atoms with Crippen LogP contribution in [-0.4, -0.2) is 53.1 Å². The fourth-order valence-corrected chi connectivity index (χ4v) is 2.89. The number of β-amino-alcohol motifs (C(OH)–C–C–N with tert-alkyl or cyclic N) is 1. The first-order chi connectivity index (χ1) is 9.92. The van der Waals surface area contributed by atoms with Crippen LogP contribution in [0.2, 0.25) is 0 Å². The lowest BCUT2D eigenvalue weighted by Crippen LogP contribution is -2.63. The fraction of sp³-hybridized carbons (Fsp3) is 0.588. The van der Waals surface area contributed by atoms with Crippen molar-refractivity contribution in [3.63, 3.8) is 0 Å². The summed E-state index contributed by atoms with van der Waals surface area (Å²) in [5, 5.41) is 10.1. The van der Waals surface area contributed by atoms with Crippen LogP contribution in [0.1, 0.15) is 30.9 Å². The number of carbonyl (C=O) groups is 1. The molecule has 1 aromatic rings. The van der Waals surface area contributed by atoms with E-state index in [1.165, 1.54) is 5.56 Å². The molecular formula is C17H26N2O2. The van der Waals surface area contributed by atoms with Gasteiger partial charge in [0.1, 0.15) is 0 Å². The lowest BCUT2D eigenvalue weighted by atomic mass is 9.89. The normalized spacial score (nSPS) is 17.3. The Kier molecular flexibility index (Phi) is 5.01. The lowest BCUT2D eigenvalue weighted by Gasteiger charge is -2.46. The minimum atomic E-state index is -0.565. The Bertz CT molecular complexity index is 478. The molecule has 1 saturated heterocycles. The zero-order valence-corrected chi connectivity index (χ0v) is 13.3. The van der Waals surface area contributed by atoms with Crippen molar-refractivity contribution < 1.29 is 9.90 Å². The van der Waals surface area contributed by atoms with Crippen molar-refractivity contribution in [3.05, 3.63) is 35.4 Å². The highest BCUT2D eigenvalue weighted by atomic mass is 16.3. The Morgan fingerprint density at radius 1 is 1.33 bits per heavy atom. The fourth-order valence-electron chi connectivity index (χ4n) is 2.89. The van der Waals surface area contributed by atoms with Gasteiger partial charge in [0, 0.05) is 26.7 Å². The molecule has 4 heteroatoms. The minimum absolute atomic E-state index is 0.106. The first-order valence-corrected chi connectivity index (χ1v) is 7.66. The van der Waals surface area contributed by atoms with E-state index in [-0.39, 0.29) is 5.91 Å². The molecule has 0 aliphatic carbocycles. The molecule has 1 fully saturated rings. The van der Waals surface area contributed by atoms with E-state index in [1.807, 2.05) is 11.9 Å². The van der Waals surface area contributed by atoms with Gasteiger partial charge >= 0.3 is 0 Å². The highest BCUT2D eigenvalue weighted by Gasteiger charge is 2.40. The van der Waals surface area contributed by atoms with E-state index in [0.29, 0.717) is 26.2 Å². The number of likely N-dealkylation sites (tertiary alicyclic amines) is 1. The molecular weight excluding hydrogens is 264 g/mol. The number of likely N-dealkylation sites (N-methyl/N-ethyl adjacent to an activating group) is 1. The van der Waals surface area contributed by atoms with Crippen LogP contribution in [0.15, 0.2) is 24.3 Å². The largest absolute Gasteiger partial charge is 0.387 e. The van der Waals surface area contributed by atoms with Crippen molar-refractivity contribution in [1.29, 1.82) is 0 Å². The molecule has 0 saturated carbocycles. The summed E-state index contributed by atoms with van der Waals surface area (Å²) >= 11 is 0. The first-order valence-electron chi connectivity index (χ1n) is 7.66. The van der Waals surface area contributed by atoms with Crippen molar-refractivity contribution in [3.8, 4) is 0 Å². The molecule has 1 N–H and O–H groups in total. The quantitative estimate of drug-likeness (QED) is 0.869. The number of carbonyl (C=O) groups excluding carboxylic acids is 1. The van der Waals surface area contributed by atoms with E-state index in [9.17, 15) is 9.90 Å². The zero-order valence-electron chi connectivity index (χ0n) is 13.3. The molecule has 21 heavy (non-hydrogen) atoms. The van der Waals surface area contributed by atoms with Crippen molar-refractivity contribution in [2.24, 2.45) is 0 Å². The van der Waals surface area contributed by atoms with Crippen LogP contribution in [-0.2, 0) is 11.3 Å². The molecule has 1 aromatic carbocycles. The molecule has 0 unspecified atom stereocenters. The average molecular weight is 290 g/mol. The predicted octanol–water partition coefficient (Wildman–Crippen LogP) is 1.80. The lowest BCUT2D eigenvalue weighted by molar-refractivity contribution is -0.141. The third-order valence-electron chi connectivity index (χ3n) is 4.08. The maximum atomic E-state index is 12.2. The number of aryl methyl sites for hydroxylation is 1.